The number of carbonyl (C=O) groups is 1. The van der Waals surface area contributed by atoms with E-state index in [1.165, 1.54) is 0 Å². The number of nitrogens with zero attached hydrogens (tertiary/aromatic N) is 1. The Balaban J connectivity index is 2.05. The maximum Gasteiger partial charge on any atom is 0.265 e. The van der Waals surface area contributed by atoms with Crippen molar-refractivity contribution < 1.29 is 9.53 Å². The molecular weight excluding hydrogens is 264 g/mol. The maximum absolute atomic E-state index is 12.2. The number of hydrogen-bond acceptors (Lipinski definition) is 3. The molecule has 1 amide bonds. The van der Waals surface area contributed by atoms with E-state index in [4.69, 9.17) is 10.00 Å². The minimum Gasteiger partial charge on any atom is -0.481 e. The van der Waals surface area contributed by atoms with Crippen molar-refractivity contribution in [1.82, 2.24) is 0 Å². The normalized spacial score (nSPS) is 11.2. The summed E-state index contributed by atoms with van der Waals surface area (Å²) in [4.78, 5) is 12.2. The largest absolute Gasteiger partial charge is 0.481 e. The number of hydrogen-bond donors (Lipinski definition) is 1. The lowest BCUT2D eigenvalue weighted by atomic mass is 10.2. The molecule has 0 heterocycles. The zero-order valence-electron chi connectivity index (χ0n) is 11.7. The molecule has 0 aliphatic rings. The predicted octanol–water partition coefficient (Wildman–Crippen LogP) is 3.35. The van der Waals surface area contributed by atoms with Crippen LogP contribution in [0.3, 0.4) is 0 Å². The summed E-state index contributed by atoms with van der Waals surface area (Å²) in [5.74, 6) is 0.432. The highest BCUT2D eigenvalue weighted by Gasteiger charge is 2.18. The average Bonchev–Trinajstić information content (AvgIpc) is 2.53. The first-order valence-electron chi connectivity index (χ1n) is 6.75. The number of amides is 1. The average molecular weight is 280 g/mol. The fourth-order valence-corrected chi connectivity index (χ4v) is 1.87. The molecule has 2 rings (SSSR count). The maximum atomic E-state index is 12.2. The van der Waals surface area contributed by atoms with Gasteiger partial charge >= 0.3 is 0 Å². The zero-order chi connectivity index (χ0) is 15.1. The van der Waals surface area contributed by atoms with Crippen molar-refractivity contribution >= 4 is 11.6 Å². The number of nitriles is 1. The molecule has 1 atom stereocenters. The van der Waals surface area contributed by atoms with Gasteiger partial charge in [-0.25, -0.2) is 0 Å². The van der Waals surface area contributed by atoms with Crippen LogP contribution in [0.15, 0.2) is 54.6 Å². The topological polar surface area (TPSA) is 62.1 Å². The van der Waals surface area contributed by atoms with Gasteiger partial charge in [-0.1, -0.05) is 31.2 Å². The molecule has 1 unspecified atom stereocenters. The third-order valence-electron chi connectivity index (χ3n) is 2.94. The summed E-state index contributed by atoms with van der Waals surface area (Å²) >= 11 is 0. The minimum atomic E-state index is -0.571. The van der Waals surface area contributed by atoms with Crippen molar-refractivity contribution in [2.45, 2.75) is 19.4 Å². The van der Waals surface area contributed by atoms with Crippen LogP contribution in [0.4, 0.5) is 5.69 Å². The predicted molar refractivity (Wildman–Crippen MR) is 80.9 cm³/mol. The van der Waals surface area contributed by atoms with E-state index in [0.29, 0.717) is 23.4 Å². The summed E-state index contributed by atoms with van der Waals surface area (Å²) in [5, 5.41) is 11.6. The van der Waals surface area contributed by atoms with Crippen LogP contribution in [0.5, 0.6) is 5.75 Å². The number of anilines is 1. The molecule has 4 heteroatoms. The van der Waals surface area contributed by atoms with Gasteiger partial charge in [0, 0.05) is 5.69 Å². The molecule has 0 saturated heterocycles. The minimum absolute atomic E-state index is 0.226. The second kappa shape index (κ2) is 7.11. The van der Waals surface area contributed by atoms with Crippen molar-refractivity contribution in [1.29, 1.82) is 5.26 Å². The van der Waals surface area contributed by atoms with Crippen molar-refractivity contribution in [2.24, 2.45) is 0 Å². The molecule has 4 nitrogen and oxygen atoms in total. The Labute approximate surface area is 124 Å². The van der Waals surface area contributed by atoms with E-state index in [-0.39, 0.29) is 5.91 Å². The summed E-state index contributed by atoms with van der Waals surface area (Å²) < 4.78 is 5.68. The van der Waals surface area contributed by atoms with Crippen LogP contribution in [-0.2, 0) is 4.79 Å². The number of para-hydroxylation sites is 1. The lowest BCUT2D eigenvalue weighted by molar-refractivity contribution is -0.122. The van der Waals surface area contributed by atoms with Crippen molar-refractivity contribution in [3.8, 4) is 11.8 Å². The quantitative estimate of drug-likeness (QED) is 0.913. The first kappa shape index (κ1) is 14.6. The lowest BCUT2D eigenvalue weighted by Gasteiger charge is -2.17. The van der Waals surface area contributed by atoms with E-state index in [9.17, 15) is 4.79 Å². The number of ether oxygens (including phenoxy) is 1. The van der Waals surface area contributed by atoms with E-state index >= 15 is 0 Å². The molecule has 0 saturated carbocycles. The Kier molecular flexibility index (Phi) is 4.94. The first-order valence-corrected chi connectivity index (χ1v) is 6.75. The Bertz CT molecular complexity index is 647. The number of rotatable bonds is 5. The summed E-state index contributed by atoms with van der Waals surface area (Å²) in [6.45, 7) is 1.89. The summed E-state index contributed by atoms with van der Waals surface area (Å²) in [6, 6.07) is 18.1. The first-order chi connectivity index (χ1) is 10.2. The molecule has 0 fully saturated rings. The van der Waals surface area contributed by atoms with Gasteiger partial charge < -0.3 is 10.1 Å². The van der Waals surface area contributed by atoms with Gasteiger partial charge in [0.2, 0.25) is 0 Å². The standard InChI is InChI=1S/C17H16N2O2/c1-2-16(21-15-9-4-3-5-10-15)17(20)19-14-8-6-7-13(11-14)12-18/h3-11,16H,2H2,1H3,(H,19,20). The zero-order valence-corrected chi connectivity index (χ0v) is 11.7. The van der Waals surface area contributed by atoms with Crippen molar-refractivity contribution in [3.05, 3.63) is 60.2 Å². The molecular formula is C17H16N2O2. The SMILES string of the molecule is CCC(Oc1ccccc1)C(=O)Nc1cccc(C#N)c1. The Morgan fingerprint density at radius 1 is 1.24 bits per heavy atom. The van der Waals surface area contributed by atoms with Gasteiger partial charge in [-0.2, -0.15) is 5.26 Å². The molecule has 2 aromatic carbocycles. The van der Waals surface area contributed by atoms with E-state index < -0.39 is 6.10 Å². The third kappa shape index (κ3) is 4.08. The molecule has 106 valence electrons. The fraction of sp³-hybridized carbons (Fsp3) is 0.176. The number of carbonyl (C=O) groups excluding carboxylic acids is 1. The van der Waals surface area contributed by atoms with Crippen LogP contribution in [0.1, 0.15) is 18.9 Å². The van der Waals surface area contributed by atoms with Crippen LogP contribution in [-0.4, -0.2) is 12.0 Å². The van der Waals surface area contributed by atoms with Gasteiger partial charge in [0.25, 0.3) is 5.91 Å². The van der Waals surface area contributed by atoms with Crippen LogP contribution in [0.25, 0.3) is 0 Å². The van der Waals surface area contributed by atoms with Crippen LogP contribution < -0.4 is 10.1 Å². The molecule has 0 aliphatic carbocycles. The van der Waals surface area contributed by atoms with Gasteiger partial charge in [-0.05, 0) is 36.8 Å². The van der Waals surface area contributed by atoms with Crippen LogP contribution in [0, 0.1) is 11.3 Å². The van der Waals surface area contributed by atoms with Crippen LogP contribution >= 0.6 is 0 Å². The van der Waals surface area contributed by atoms with E-state index in [2.05, 4.69) is 5.32 Å². The second-order valence-electron chi connectivity index (χ2n) is 4.51. The van der Waals surface area contributed by atoms with Gasteiger partial charge in [0.1, 0.15) is 5.75 Å². The highest BCUT2D eigenvalue weighted by atomic mass is 16.5. The smallest absolute Gasteiger partial charge is 0.265 e. The Morgan fingerprint density at radius 2 is 2.00 bits per heavy atom. The van der Waals surface area contributed by atoms with Gasteiger partial charge in [-0.3, -0.25) is 4.79 Å². The number of nitrogens with one attached hydrogen (secondary N) is 1. The van der Waals surface area contributed by atoms with E-state index in [1.807, 2.05) is 43.3 Å². The number of benzene rings is 2. The van der Waals surface area contributed by atoms with Crippen molar-refractivity contribution in [3.63, 3.8) is 0 Å². The Hall–Kier alpha value is -2.80. The third-order valence-corrected chi connectivity index (χ3v) is 2.94. The summed E-state index contributed by atoms with van der Waals surface area (Å²) in [6.07, 6.45) is -0.0169. The molecule has 0 aliphatic heterocycles. The molecule has 0 spiro atoms. The monoisotopic (exact) mass is 280 g/mol. The van der Waals surface area contributed by atoms with Crippen LogP contribution in [0.2, 0.25) is 0 Å². The summed E-state index contributed by atoms with van der Waals surface area (Å²) in [5.41, 5.74) is 1.10. The van der Waals surface area contributed by atoms with E-state index in [0.717, 1.165) is 0 Å². The molecule has 0 radical (unpaired) electrons. The van der Waals surface area contributed by atoms with Crippen molar-refractivity contribution in [2.75, 3.05) is 5.32 Å². The summed E-state index contributed by atoms with van der Waals surface area (Å²) in [7, 11) is 0. The molecule has 21 heavy (non-hydrogen) atoms. The van der Waals surface area contributed by atoms with Gasteiger partial charge in [0.15, 0.2) is 6.10 Å². The lowest BCUT2D eigenvalue weighted by Crippen LogP contribution is -2.32. The van der Waals surface area contributed by atoms with Gasteiger partial charge in [-0.15, -0.1) is 0 Å². The molecule has 0 aromatic heterocycles. The fourth-order valence-electron chi connectivity index (χ4n) is 1.87. The second-order valence-corrected chi connectivity index (χ2v) is 4.51. The molecule has 0 bridgehead atoms. The highest BCUT2D eigenvalue weighted by molar-refractivity contribution is 5.94. The Morgan fingerprint density at radius 3 is 2.67 bits per heavy atom. The van der Waals surface area contributed by atoms with E-state index in [1.54, 1.807) is 24.3 Å². The highest BCUT2D eigenvalue weighted by Crippen LogP contribution is 2.15. The molecule has 1 N–H and O–H groups in total. The van der Waals surface area contributed by atoms with Gasteiger partial charge in [0.05, 0.1) is 11.6 Å². The molecule has 2 aromatic rings.